The summed E-state index contributed by atoms with van der Waals surface area (Å²) < 4.78 is 6.59. The van der Waals surface area contributed by atoms with Gasteiger partial charge in [-0.25, -0.2) is 9.97 Å². The first kappa shape index (κ1) is 14.5. The standard InChI is InChI=1S/C15H14BrN3O/c1-8-9(2)15(20-4)13(10(3)14(8)16)11-5-6-18-12(7-17)19-11/h5-6H,1-4H3. The van der Waals surface area contributed by atoms with Crippen LogP contribution in [0, 0.1) is 32.1 Å². The molecule has 4 nitrogen and oxygen atoms in total. The fourth-order valence-electron chi connectivity index (χ4n) is 2.20. The highest BCUT2D eigenvalue weighted by Gasteiger charge is 2.19. The number of ether oxygens (including phenoxy) is 1. The first-order chi connectivity index (χ1) is 9.51. The van der Waals surface area contributed by atoms with Crippen LogP contribution in [-0.4, -0.2) is 17.1 Å². The summed E-state index contributed by atoms with van der Waals surface area (Å²) in [4.78, 5) is 8.18. The van der Waals surface area contributed by atoms with E-state index in [0.717, 1.165) is 32.5 Å². The van der Waals surface area contributed by atoms with Gasteiger partial charge in [-0.3, -0.25) is 0 Å². The molecule has 0 spiro atoms. The van der Waals surface area contributed by atoms with Crippen molar-refractivity contribution in [2.75, 3.05) is 7.11 Å². The third-order valence-corrected chi connectivity index (χ3v) is 4.57. The van der Waals surface area contributed by atoms with Gasteiger partial charge in [0.25, 0.3) is 0 Å². The Labute approximate surface area is 126 Å². The van der Waals surface area contributed by atoms with Crippen molar-refractivity contribution in [1.82, 2.24) is 9.97 Å². The monoisotopic (exact) mass is 331 g/mol. The molecule has 0 aliphatic heterocycles. The van der Waals surface area contributed by atoms with E-state index in [-0.39, 0.29) is 5.82 Å². The summed E-state index contributed by atoms with van der Waals surface area (Å²) in [5.41, 5.74) is 4.80. The van der Waals surface area contributed by atoms with Crippen molar-refractivity contribution < 1.29 is 4.74 Å². The number of halogens is 1. The van der Waals surface area contributed by atoms with E-state index < -0.39 is 0 Å². The molecule has 1 heterocycles. The largest absolute Gasteiger partial charge is 0.496 e. The molecule has 0 aliphatic rings. The summed E-state index contributed by atoms with van der Waals surface area (Å²) in [6.45, 7) is 6.05. The maximum absolute atomic E-state index is 8.94. The van der Waals surface area contributed by atoms with Crippen molar-refractivity contribution in [3.63, 3.8) is 0 Å². The maximum Gasteiger partial charge on any atom is 0.232 e. The molecule has 0 saturated carbocycles. The van der Waals surface area contributed by atoms with Gasteiger partial charge in [-0.2, -0.15) is 5.26 Å². The van der Waals surface area contributed by atoms with Crippen LogP contribution in [0.1, 0.15) is 22.5 Å². The minimum atomic E-state index is 0.151. The summed E-state index contributed by atoms with van der Waals surface area (Å²) in [6, 6.07) is 3.74. The summed E-state index contributed by atoms with van der Waals surface area (Å²) in [7, 11) is 1.64. The van der Waals surface area contributed by atoms with E-state index in [4.69, 9.17) is 10.00 Å². The number of nitriles is 1. The lowest BCUT2D eigenvalue weighted by atomic mass is 9.96. The van der Waals surface area contributed by atoms with Crippen molar-refractivity contribution in [3.05, 3.63) is 39.3 Å². The third kappa shape index (κ3) is 2.27. The van der Waals surface area contributed by atoms with Crippen LogP contribution < -0.4 is 4.74 Å². The quantitative estimate of drug-likeness (QED) is 0.841. The van der Waals surface area contributed by atoms with E-state index >= 15 is 0 Å². The zero-order valence-corrected chi connectivity index (χ0v) is 13.4. The lowest BCUT2D eigenvalue weighted by Crippen LogP contribution is -2.01. The molecule has 0 saturated heterocycles. The molecule has 0 unspecified atom stereocenters. The highest BCUT2D eigenvalue weighted by atomic mass is 79.9. The first-order valence-electron chi connectivity index (χ1n) is 6.08. The van der Waals surface area contributed by atoms with E-state index in [9.17, 15) is 0 Å². The van der Waals surface area contributed by atoms with E-state index in [1.807, 2.05) is 26.8 Å². The highest BCUT2D eigenvalue weighted by Crippen LogP contribution is 2.41. The highest BCUT2D eigenvalue weighted by molar-refractivity contribution is 9.10. The minimum Gasteiger partial charge on any atom is -0.496 e. The second-order valence-electron chi connectivity index (χ2n) is 4.47. The zero-order chi connectivity index (χ0) is 14.9. The van der Waals surface area contributed by atoms with Crippen LogP contribution in [0.5, 0.6) is 5.75 Å². The van der Waals surface area contributed by atoms with Gasteiger partial charge in [0.1, 0.15) is 11.8 Å². The minimum absolute atomic E-state index is 0.151. The molecule has 102 valence electrons. The predicted molar refractivity (Wildman–Crippen MR) is 80.6 cm³/mol. The van der Waals surface area contributed by atoms with Gasteiger partial charge in [0.2, 0.25) is 5.82 Å². The molecule has 20 heavy (non-hydrogen) atoms. The number of rotatable bonds is 2. The molecule has 0 bridgehead atoms. The maximum atomic E-state index is 8.94. The second-order valence-corrected chi connectivity index (χ2v) is 5.27. The molecule has 1 aromatic carbocycles. The number of hydrogen-bond donors (Lipinski definition) is 0. The third-order valence-electron chi connectivity index (χ3n) is 3.38. The number of nitrogens with zero attached hydrogens (tertiary/aromatic N) is 3. The molecule has 2 aromatic rings. The first-order valence-corrected chi connectivity index (χ1v) is 6.87. The Hall–Kier alpha value is -1.93. The van der Waals surface area contributed by atoms with Crippen LogP contribution in [0.25, 0.3) is 11.3 Å². The second kappa shape index (κ2) is 5.59. The molecule has 2 rings (SSSR count). The zero-order valence-electron chi connectivity index (χ0n) is 11.8. The Bertz CT molecular complexity index is 720. The van der Waals surface area contributed by atoms with E-state index in [0.29, 0.717) is 5.69 Å². The smallest absolute Gasteiger partial charge is 0.232 e. The lowest BCUT2D eigenvalue weighted by molar-refractivity contribution is 0.412. The molecule has 0 aliphatic carbocycles. The van der Waals surface area contributed by atoms with Gasteiger partial charge in [-0.1, -0.05) is 15.9 Å². The van der Waals surface area contributed by atoms with Crippen LogP contribution in [0.2, 0.25) is 0 Å². The molecule has 1 aromatic heterocycles. The van der Waals surface area contributed by atoms with E-state index in [1.54, 1.807) is 19.4 Å². The van der Waals surface area contributed by atoms with Crippen LogP contribution in [-0.2, 0) is 0 Å². The topological polar surface area (TPSA) is 58.8 Å². The van der Waals surface area contributed by atoms with Crippen molar-refractivity contribution >= 4 is 15.9 Å². The van der Waals surface area contributed by atoms with Gasteiger partial charge >= 0.3 is 0 Å². The van der Waals surface area contributed by atoms with Crippen molar-refractivity contribution in [3.8, 4) is 23.1 Å². The average molecular weight is 332 g/mol. The van der Waals surface area contributed by atoms with Crippen LogP contribution in [0.4, 0.5) is 0 Å². The lowest BCUT2D eigenvalue weighted by Gasteiger charge is -2.18. The summed E-state index contributed by atoms with van der Waals surface area (Å²) >= 11 is 3.61. The average Bonchev–Trinajstić information content (AvgIpc) is 2.48. The number of benzene rings is 1. The molecule has 0 amide bonds. The van der Waals surface area contributed by atoms with E-state index in [2.05, 4.69) is 25.9 Å². The Morgan fingerprint density at radius 2 is 1.90 bits per heavy atom. The summed E-state index contributed by atoms with van der Waals surface area (Å²) in [6.07, 6.45) is 1.59. The molecule has 0 radical (unpaired) electrons. The molecule has 0 atom stereocenters. The van der Waals surface area contributed by atoms with Crippen LogP contribution in [0.15, 0.2) is 16.7 Å². The Balaban J connectivity index is 2.83. The van der Waals surface area contributed by atoms with Gasteiger partial charge < -0.3 is 4.74 Å². The van der Waals surface area contributed by atoms with Gasteiger partial charge in [0.05, 0.1) is 12.8 Å². The Morgan fingerprint density at radius 1 is 1.20 bits per heavy atom. The van der Waals surface area contributed by atoms with Gasteiger partial charge in [-0.15, -0.1) is 0 Å². The van der Waals surface area contributed by atoms with Crippen LogP contribution in [0.3, 0.4) is 0 Å². The molecular weight excluding hydrogens is 318 g/mol. The van der Waals surface area contributed by atoms with Crippen LogP contribution >= 0.6 is 15.9 Å². The Kier molecular flexibility index (Phi) is 4.05. The molecule has 0 N–H and O–H groups in total. The predicted octanol–water partition coefficient (Wildman–Crippen LogP) is 3.71. The summed E-state index contributed by atoms with van der Waals surface area (Å²) in [5, 5.41) is 8.94. The number of methoxy groups -OCH3 is 1. The van der Waals surface area contributed by atoms with Gasteiger partial charge in [0.15, 0.2) is 0 Å². The number of hydrogen-bond acceptors (Lipinski definition) is 4. The van der Waals surface area contributed by atoms with Crippen molar-refractivity contribution in [1.29, 1.82) is 5.26 Å². The molecular formula is C15H14BrN3O. The van der Waals surface area contributed by atoms with Crippen molar-refractivity contribution in [2.45, 2.75) is 20.8 Å². The Morgan fingerprint density at radius 3 is 2.50 bits per heavy atom. The summed E-state index contributed by atoms with van der Waals surface area (Å²) in [5.74, 6) is 0.934. The van der Waals surface area contributed by atoms with Crippen molar-refractivity contribution in [2.24, 2.45) is 0 Å². The van der Waals surface area contributed by atoms with E-state index in [1.165, 1.54) is 0 Å². The molecule has 5 heteroatoms. The molecule has 0 fully saturated rings. The SMILES string of the molecule is COc1c(C)c(C)c(Br)c(C)c1-c1ccnc(C#N)n1. The fourth-order valence-corrected chi connectivity index (χ4v) is 2.69. The normalized spacial score (nSPS) is 10.2. The van der Waals surface area contributed by atoms with Gasteiger partial charge in [-0.05, 0) is 43.5 Å². The fraction of sp³-hybridized carbons (Fsp3) is 0.267. The number of aromatic nitrogens is 2. The van der Waals surface area contributed by atoms with Gasteiger partial charge in [0, 0.05) is 16.2 Å².